The van der Waals surface area contributed by atoms with Crippen LogP contribution in [0.25, 0.3) is 21.8 Å². The Hall–Kier alpha value is -6.72. The van der Waals surface area contributed by atoms with Crippen molar-refractivity contribution in [3.05, 3.63) is 106 Å². The lowest BCUT2D eigenvalue weighted by Crippen LogP contribution is -2.38. The fourth-order valence-electron chi connectivity index (χ4n) is 8.01. The number of nitrogens with two attached hydrogens (primary N) is 2. The smallest absolute Gasteiger partial charge is 0.252 e. The van der Waals surface area contributed by atoms with Crippen LogP contribution in [-0.2, 0) is 18.0 Å². The number of nitrogens with one attached hydrogen (secondary N) is 2. The van der Waals surface area contributed by atoms with E-state index < -0.39 is 11.8 Å². The van der Waals surface area contributed by atoms with Crippen LogP contribution >= 0.6 is 0 Å². The van der Waals surface area contributed by atoms with Gasteiger partial charge >= 0.3 is 0 Å². The van der Waals surface area contributed by atoms with Crippen LogP contribution in [0.4, 0.5) is 22.7 Å². The van der Waals surface area contributed by atoms with E-state index in [1.54, 1.807) is 26.4 Å². The van der Waals surface area contributed by atoms with Gasteiger partial charge in [0.05, 0.1) is 80.8 Å². The SMILES string of the molecule is CCCCCCCCOc1cc2c(Nc3cccc(CO)c3C)c(C(N)=O)cnc2cc1OC.COc1cc2ncc(C(N)=O)c(Nc3cccc(CO)c3C)c2cc1OCCN1CCOCC1. The summed E-state index contributed by atoms with van der Waals surface area (Å²) in [7, 11) is 3.18. The molecule has 4 aromatic carbocycles. The van der Waals surface area contributed by atoms with Gasteiger partial charge in [0.2, 0.25) is 0 Å². The van der Waals surface area contributed by atoms with E-state index in [0.29, 0.717) is 69.4 Å². The van der Waals surface area contributed by atoms with E-state index in [9.17, 15) is 19.8 Å². The second-order valence-corrected chi connectivity index (χ2v) is 16.5. The Labute approximate surface area is 397 Å². The molecule has 0 radical (unpaired) electrons. The third kappa shape index (κ3) is 12.6. The van der Waals surface area contributed by atoms with Gasteiger partial charge in [0.15, 0.2) is 23.0 Å². The lowest BCUT2D eigenvalue weighted by Gasteiger charge is -2.26. The van der Waals surface area contributed by atoms with Gasteiger partial charge in [-0.2, -0.15) is 0 Å². The fourth-order valence-corrected chi connectivity index (χ4v) is 8.01. The van der Waals surface area contributed by atoms with Crippen LogP contribution in [0.2, 0.25) is 0 Å². The Morgan fingerprint density at radius 3 is 1.60 bits per heavy atom. The molecule has 362 valence electrons. The Balaban J connectivity index is 0.000000224. The summed E-state index contributed by atoms with van der Waals surface area (Å²) in [6.45, 7) is 10.9. The Morgan fingerprint density at radius 1 is 0.676 bits per heavy atom. The number of benzene rings is 4. The molecular weight excluding hydrogens is 867 g/mol. The molecule has 8 N–H and O–H groups in total. The number of ether oxygens (including phenoxy) is 5. The number of morpholine rings is 1. The maximum Gasteiger partial charge on any atom is 0.252 e. The maximum absolute atomic E-state index is 12.2. The first-order chi connectivity index (χ1) is 33.0. The van der Waals surface area contributed by atoms with E-state index >= 15 is 0 Å². The largest absolute Gasteiger partial charge is 0.493 e. The van der Waals surface area contributed by atoms with Gasteiger partial charge in [-0.25, -0.2) is 0 Å². The van der Waals surface area contributed by atoms with Gasteiger partial charge in [0, 0.05) is 66.3 Å². The van der Waals surface area contributed by atoms with Crippen molar-refractivity contribution in [3.63, 3.8) is 0 Å². The summed E-state index contributed by atoms with van der Waals surface area (Å²) in [5.41, 5.74) is 19.1. The van der Waals surface area contributed by atoms with Gasteiger partial charge in [0.1, 0.15) is 6.61 Å². The second-order valence-electron chi connectivity index (χ2n) is 16.5. The number of amides is 2. The average molecular weight is 932 g/mol. The van der Waals surface area contributed by atoms with E-state index in [2.05, 4.69) is 32.4 Å². The number of aliphatic hydroxyl groups is 2. The quantitative estimate of drug-likeness (QED) is 0.0353. The van der Waals surface area contributed by atoms with Gasteiger partial charge in [0.25, 0.3) is 11.8 Å². The highest BCUT2D eigenvalue weighted by molar-refractivity contribution is 6.09. The summed E-state index contributed by atoms with van der Waals surface area (Å²) >= 11 is 0. The number of carbonyl (C=O) groups excluding carboxylic acids is 2. The Morgan fingerprint density at radius 2 is 1.15 bits per heavy atom. The van der Waals surface area contributed by atoms with Gasteiger partial charge in [-0.3, -0.25) is 24.5 Å². The molecule has 0 unspecified atom stereocenters. The zero-order valence-corrected chi connectivity index (χ0v) is 39.8. The molecule has 6 aromatic rings. The topological polar surface area (TPSA) is 226 Å². The van der Waals surface area contributed by atoms with Crippen molar-refractivity contribution in [2.75, 3.05) is 70.9 Å². The molecule has 0 spiro atoms. The molecule has 2 aromatic heterocycles. The van der Waals surface area contributed by atoms with E-state index in [1.165, 1.54) is 38.1 Å². The minimum Gasteiger partial charge on any atom is -0.493 e. The van der Waals surface area contributed by atoms with Crippen LogP contribution < -0.4 is 41.0 Å². The van der Waals surface area contributed by atoms with E-state index in [1.807, 2.05) is 62.4 Å². The molecular formula is C52H65N7O9. The van der Waals surface area contributed by atoms with E-state index in [0.717, 1.165) is 79.3 Å². The monoisotopic (exact) mass is 931 g/mol. The van der Waals surface area contributed by atoms with Crippen molar-refractivity contribution in [1.82, 2.24) is 14.9 Å². The lowest BCUT2D eigenvalue weighted by molar-refractivity contribution is 0.0321. The first-order valence-corrected chi connectivity index (χ1v) is 23.1. The van der Waals surface area contributed by atoms with Crippen molar-refractivity contribution in [2.45, 2.75) is 72.5 Å². The van der Waals surface area contributed by atoms with Crippen LogP contribution in [-0.4, -0.2) is 97.2 Å². The third-order valence-electron chi connectivity index (χ3n) is 12.1. The number of anilines is 4. The number of hydrogen-bond acceptors (Lipinski definition) is 14. The van der Waals surface area contributed by atoms with Crippen LogP contribution in [0.1, 0.15) is 88.4 Å². The zero-order valence-electron chi connectivity index (χ0n) is 39.8. The molecule has 0 aliphatic carbocycles. The van der Waals surface area contributed by atoms with E-state index in [-0.39, 0.29) is 24.3 Å². The third-order valence-corrected chi connectivity index (χ3v) is 12.1. The molecule has 0 saturated carbocycles. The van der Waals surface area contributed by atoms with Gasteiger partial charge in [-0.05, 0) is 66.8 Å². The number of aromatic nitrogens is 2. The summed E-state index contributed by atoms with van der Waals surface area (Å²) in [6, 6.07) is 18.4. The Kier molecular flexibility index (Phi) is 18.5. The summed E-state index contributed by atoms with van der Waals surface area (Å²) < 4.78 is 28.7. The molecule has 7 rings (SSSR count). The zero-order chi connectivity index (χ0) is 48.6. The van der Waals surface area contributed by atoms with Crippen LogP contribution in [0.15, 0.2) is 73.1 Å². The van der Waals surface area contributed by atoms with Crippen molar-refractivity contribution in [2.24, 2.45) is 11.5 Å². The normalized spacial score (nSPS) is 12.6. The number of rotatable bonds is 22. The average Bonchev–Trinajstić information content (AvgIpc) is 3.35. The fraction of sp³-hybridized carbons (Fsp3) is 0.385. The number of primary amides is 2. The number of hydrogen-bond donors (Lipinski definition) is 6. The number of aliphatic hydroxyl groups excluding tert-OH is 2. The molecule has 0 bridgehead atoms. The van der Waals surface area contributed by atoms with Crippen LogP contribution in [0.5, 0.6) is 23.0 Å². The highest BCUT2D eigenvalue weighted by atomic mass is 16.5. The van der Waals surface area contributed by atoms with Gasteiger partial charge < -0.3 is 56.0 Å². The number of unbranched alkanes of at least 4 members (excludes halogenated alkanes) is 5. The summed E-state index contributed by atoms with van der Waals surface area (Å²) in [5.74, 6) is 1.10. The minimum atomic E-state index is -0.599. The maximum atomic E-state index is 12.2. The number of nitrogens with zero attached hydrogens (tertiary/aromatic N) is 3. The number of methoxy groups -OCH3 is 2. The minimum absolute atomic E-state index is 0.0746. The summed E-state index contributed by atoms with van der Waals surface area (Å²) in [5, 5.41) is 27.3. The Bertz CT molecular complexity index is 2670. The number of fused-ring (bicyclic) bond motifs is 2. The molecule has 0 atom stereocenters. The predicted octanol–water partition coefficient (Wildman–Crippen LogP) is 8.22. The van der Waals surface area contributed by atoms with E-state index in [4.69, 9.17) is 35.2 Å². The first kappa shape index (κ1) is 50.7. The highest BCUT2D eigenvalue weighted by Gasteiger charge is 2.21. The molecule has 3 heterocycles. The number of carbonyl (C=O) groups is 2. The molecule has 16 nitrogen and oxygen atoms in total. The van der Waals surface area contributed by atoms with Crippen molar-refractivity contribution in [3.8, 4) is 23.0 Å². The first-order valence-electron chi connectivity index (χ1n) is 23.1. The van der Waals surface area contributed by atoms with Crippen LogP contribution in [0.3, 0.4) is 0 Å². The summed E-state index contributed by atoms with van der Waals surface area (Å²) in [6.07, 6.45) is 9.96. The molecule has 1 aliphatic heterocycles. The molecule has 1 aliphatic rings. The molecule has 1 saturated heterocycles. The second kappa shape index (κ2) is 24.9. The van der Waals surface area contributed by atoms with Crippen molar-refractivity contribution in [1.29, 1.82) is 0 Å². The van der Waals surface area contributed by atoms with Gasteiger partial charge in [-0.15, -0.1) is 0 Å². The summed E-state index contributed by atoms with van der Waals surface area (Å²) in [4.78, 5) is 35.6. The highest BCUT2D eigenvalue weighted by Crippen LogP contribution is 2.40. The predicted molar refractivity (Wildman–Crippen MR) is 266 cm³/mol. The molecule has 1 fully saturated rings. The van der Waals surface area contributed by atoms with Crippen LogP contribution in [0, 0.1) is 13.8 Å². The van der Waals surface area contributed by atoms with Crippen molar-refractivity contribution < 1.29 is 43.5 Å². The lowest BCUT2D eigenvalue weighted by atomic mass is 10.0. The van der Waals surface area contributed by atoms with Crippen molar-refractivity contribution >= 4 is 56.4 Å². The standard InChI is InChI=1S/C27H35N3O4.C25H30N4O5/c1-4-5-6-7-8-9-13-34-25-14-20-23(15-24(25)33-3)29-16-21(27(28)32)26(20)30-22-12-10-11-19(17-31)18(22)2;1-16-17(15-30)4-3-5-20(16)28-24-18-12-23(34-11-8-29-6-9-33-10-7-29)22(32-2)13-21(18)27-14-19(24)25(26)31/h10-12,14-16,31H,4-9,13,17H2,1-3H3,(H2,28,32)(H,29,30);3-5,12-14,30H,6-11,15H2,1-2H3,(H2,26,31)(H,27,28). The molecule has 68 heavy (non-hydrogen) atoms. The molecule has 2 amide bonds. The van der Waals surface area contributed by atoms with Gasteiger partial charge in [-0.1, -0.05) is 63.3 Å². The molecule has 16 heteroatoms. The number of pyridine rings is 2.